The number of nitrogens with one attached hydrogen (secondary N) is 1. The number of hydrogen-bond donors (Lipinski definition) is 0. The van der Waals surface area contributed by atoms with Crippen molar-refractivity contribution in [3.63, 3.8) is 0 Å². The van der Waals surface area contributed by atoms with Gasteiger partial charge in [0.2, 0.25) is 0 Å². The van der Waals surface area contributed by atoms with Gasteiger partial charge in [0, 0.05) is 50.1 Å². The Hall–Kier alpha value is -0.732. The standard InChI is InChI=1S/C11H14N3OS.C2H6OS.Mo.2O/c1-3-16-11(12)14-13-8(2)9-6-4-5-7-10(9)15;1-4(2)3;;;/h4-7H,3H2,1-2H3,(H2-,12,13,14,15);1-2H3;;;/q-1;;;2*-2/p-1. The summed E-state index contributed by atoms with van der Waals surface area (Å²) < 4.78 is 9.56. The van der Waals surface area contributed by atoms with Gasteiger partial charge in [-0.1, -0.05) is 36.9 Å². The molecule has 0 heterocycles. The Bertz CT molecular complexity index is 510. The Labute approximate surface area is 158 Å². The second-order valence-electron chi connectivity index (χ2n) is 3.76. The summed E-state index contributed by atoms with van der Waals surface area (Å²) in [4.78, 5) is 0. The van der Waals surface area contributed by atoms with Crippen LogP contribution in [0.2, 0.25) is 0 Å². The maximum absolute atomic E-state index is 11.4. The van der Waals surface area contributed by atoms with E-state index < -0.39 is 10.8 Å². The van der Waals surface area contributed by atoms with Crippen molar-refractivity contribution < 1.29 is 41.3 Å². The van der Waals surface area contributed by atoms with Gasteiger partial charge in [-0.15, -0.1) is 11.8 Å². The molecular weight excluding hydrogens is 422 g/mol. The molecule has 0 spiro atoms. The summed E-state index contributed by atoms with van der Waals surface area (Å²) >= 11 is 1.30. The zero-order valence-corrected chi connectivity index (χ0v) is 16.9. The van der Waals surface area contributed by atoms with Crippen LogP contribution in [0.4, 0.5) is 0 Å². The number of rotatable bonds is 3. The van der Waals surface area contributed by atoms with Gasteiger partial charge in [0.15, 0.2) is 0 Å². The summed E-state index contributed by atoms with van der Waals surface area (Å²) in [7, 11) is -0.611. The quantitative estimate of drug-likeness (QED) is 0.307. The minimum atomic E-state index is -0.611. The van der Waals surface area contributed by atoms with Crippen LogP contribution in [0.1, 0.15) is 19.4 Å². The number of benzene rings is 1. The van der Waals surface area contributed by atoms with Gasteiger partial charge < -0.3 is 26.9 Å². The average Bonchev–Trinajstić information content (AvgIpc) is 2.36. The predicted molar refractivity (Wildman–Crippen MR) is 89.4 cm³/mol. The zero-order chi connectivity index (χ0) is 15.5. The first-order valence-electron chi connectivity index (χ1n) is 5.86. The van der Waals surface area contributed by atoms with Crippen LogP contribution in [0, 0.1) is 0 Å². The second kappa shape index (κ2) is 17.6. The van der Waals surface area contributed by atoms with Crippen molar-refractivity contribution in [3.05, 3.63) is 35.6 Å². The zero-order valence-electron chi connectivity index (χ0n) is 13.3. The minimum Gasteiger partial charge on any atom is -2.00 e. The van der Waals surface area contributed by atoms with Crippen LogP contribution >= 0.6 is 11.8 Å². The number of thioether (sulfide) groups is 1. The number of para-hydroxylation sites is 1. The van der Waals surface area contributed by atoms with E-state index >= 15 is 0 Å². The van der Waals surface area contributed by atoms with Crippen molar-refractivity contribution in [1.29, 1.82) is 0 Å². The summed E-state index contributed by atoms with van der Waals surface area (Å²) in [6, 6.07) is 6.65. The van der Waals surface area contributed by atoms with Crippen LogP contribution in [0.25, 0.3) is 5.73 Å². The number of nitrogens with zero attached hydrogens (tertiary/aromatic N) is 2. The number of amidine groups is 1. The molecule has 0 radical (unpaired) electrons. The molecule has 0 fully saturated rings. The molecule has 1 aromatic carbocycles. The summed E-state index contributed by atoms with van der Waals surface area (Å²) in [5, 5.41) is 19.2. The molecule has 0 saturated carbocycles. The van der Waals surface area contributed by atoms with Crippen molar-refractivity contribution >= 4 is 33.4 Å². The van der Waals surface area contributed by atoms with E-state index in [0.29, 0.717) is 11.3 Å². The molecule has 0 unspecified atom stereocenters. The SMILES string of the molecule is CCS/C([NH-])=N/N=C(\C)c1ccccc1[O-].CS(C)=O.[Mo].[O-2].[O-2]. The number of hydrogen-bond acceptors (Lipinski definition) is 5. The van der Waals surface area contributed by atoms with Crippen molar-refractivity contribution in [3.8, 4) is 5.75 Å². The molecule has 0 aliphatic carbocycles. The van der Waals surface area contributed by atoms with Crippen molar-refractivity contribution in [2.45, 2.75) is 13.8 Å². The smallest absolute Gasteiger partial charge is 0.0430 e. The van der Waals surface area contributed by atoms with Gasteiger partial charge in [-0.3, -0.25) is 9.31 Å². The molecule has 0 bridgehead atoms. The normalized spacial score (nSPS) is 10.5. The van der Waals surface area contributed by atoms with Gasteiger partial charge in [-0.05, 0) is 23.4 Å². The fourth-order valence-electron chi connectivity index (χ4n) is 1.11. The first kappa shape index (κ1) is 30.2. The molecular formula is C13H19MoN3O4S2-6. The van der Waals surface area contributed by atoms with Gasteiger partial charge in [0.25, 0.3) is 0 Å². The van der Waals surface area contributed by atoms with Crippen LogP contribution in [-0.4, -0.2) is 33.4 Å². The Morgan fingerprint density at radius 3 is 2.17 bits per heavy atom. The van der Waals surface area contributed by atoms with Gasteiger partial charge in [-0.2, -0.15) is 0 Å². The Morgan fingerprint density at radius 1 is 1.26 bits per heavy atom. The molecule has 7 nitrogen and oxygen atoms in total. The molecule has 0 aliphatic rings. The van der Waals surface area contributed by atoms with Crippen LogP contribution in [0.3, 0.4) is 0 Å². The second-order valence-corrected chi connectivity index (χ2v) is 6.50. The summed E-state index contributed by atoms with van der Waals surface area (Å²) in [5.41, 5.74) is 8.47. The molecule has 23 heavy (non-hydrogen) atoms. The topological polar surface area (TPSA) is 146 Å². The van der Waals surface area contributed by atoms with Crippen molar-refractivity contribution in [2.75, 3.05) is 18.3 Å². The molecule has 0 aromatic heterocycles. The molecule has 0 aliphatic heterocycles. The van der Waals surface area contributed by atoms with Crippen LogP contribution in [0.5, 0.6) is 5.75 Å². The van der Waals surface area contributed by atoms with E-state index in [1.807, 2.05) is 6.92 Å². The fraction of sp³-hybridized carbons (Fsp3) is 0.385. The molecule has 0 atom stereocenters. The molecule has 1 aromatic rings. The molecule has 134 valence electrons. The van der Waals surface area contributed by atoms with E-state index in [0.717, 1.165) is 5.75 Å². The maximum atomic E-state index is 11.4. The van der Waals surface area contributed by atoms with Crippen LogP contribution < -0.4 is 5.11 Å². The molecule has 0 amide bonds. The average molecular weight is 441 g/mol. The monoisotopic (exact) mass is 443 g/mol. The molecule has 1 N–H and O–H groups in total. The minimum absolute atomic E-state index is 0. The summed E-state index contributed by atoms with van der Waals surface area (Å²) in [6.07, 6.45) is 3.28. The Balaban J connectivity index is -0.000000232. The van der Waals surface area contributed by atoms with Crippen molar-refractivity contribution in [2.24, 2.45) is 10.2 Å². The van der Waals surface area contributed by atoms with E-state index in [2.05, 4.69) is 10.2 Å². The fourth-order valence-corrected chi connectivity index (χ4v) is 1.48. The third-order valence-corrected chi connectivity index (χ3v) is 2.49. The van der Waals surface area contributed by atoms with Gasteiger partial charge in [-0.25, -0.2) is 0 Å². The van der Waals surface area contributed by atoms with Gasteiger partial charge in [0.1, 0.15) is 0 Å². The van der Waals surface area contributed by atoms with E-state index in [4.69, 9.17) is 5.73 Å². The van der Waals surface area contributed by atoms with E-state index in [9.17, 15) is 9.32 Å². The van der Waals surface area contributed by atoms with Crippen LogP contribution in [0.15, 0.2) is 34.5 Å². The largest absolute Gasteiger partial charge is 2.00 e. The predicted octanol–water partition coefficient (Wildman–Crippen LogP) is 2.40. The van der Waals surface area contributed by atoms with Gasteiger partial charge in [0.05, 0.1) is 0 Å². The summed E-state index contributed by atoms with van der Waals surface area (Å²) in [5.74, 6) is 0.711. The third-order valence-electron chi connectivity index (χ3n) is 1.85. The van der Waals surface area contributed by atoms with E-state index in [-0.39, 0.29) is 42.9 Å². The van der Waals surface area contributed by atoms with E-state index in [1.165, 1.54) is 17.8 Å². The van der Waals surface area contributed by atoms with Gasteiger partial charge >= 0.3 is 0 Å². The Morgan fingerprint density at radius 2 is 1.74 bits per heavy atom. The maximum Gasteiger partial charge on any atom is 0.0430 e. The first-order valence-corrected chi connectivity index (χ1v) is 8.81. The molecule has 0 saturated heterocycles. The molecule has 1 rings (SSSR count). The Kier molecular flexibility index (Phi) is 23.1. The van der Waals surface area contributed by atoms with E-state index in [1.54, 1.807) is 37.6 Å². The first-order chi connectivity index (χ1) is 9.38. The van der Waals surface area contributed by atoms with Crippen LogP contribution in [-0.2, 0) is 42.8 Å². The molecule has 10 heteroatoms. The summed E-state index contributed by atoms with van der Waals surface area (Å²) in [6.45, 7) is 3.66. The van der Waals surface area contributed by atoms with Crippen molar-refractivity contribution in [1.82, 2.24) is 0 Å². The third kappa shape index (κ3) is 15.9.